The summed E-state index contributed by atoms with van der Waals surface area (Å²) in [5.74, 6) is -0.190. The predicted octanol–water partition coefficient (Wildman–Crippen LogP) is 5.13. The second-order valence-electron chi connectivity index (χ2n) is 4.96. The summed E-state index contributed by atoms with van der Waals surface area (Å²) in [5, 5.41) is -1.45. The minimum absolute atomic E-state index is 0.190. The van der Waals surface area contributed by atoms with E-state index in [9.17, 15) is 4.79 Å². The number of hydrogen-bond acceptors (Lipinski definition) is 1. The minimum Gasteiger partial charge on any atom is -0.296 e. The van der Waals surface area contributed by atoms with Gasteiger partial charge < -0.3 is 0 Å². The second kappa shape index (κ2) is 6.43. The molecule has 0 aromatic heterocycles. The third kappa shape index (κ3) is 3.41. The van der Waals surface area contributed by atoms with Crippen LogP contribution in [0.3, 0.4) is 0 Å². The van der Waals surface area contributed by atoms with Gasteiger partial charge in [-0.2, -0.15) is 0 Å². The molecule has 2 rings (SSSR count). The second-order valence-corrected chi connectivity index (χ2v) is 5.83. The van der Waals surface area contributed by atoms with E-state index < -0.39 is 10.8 Å². The van der Waals surface area contributed by atoms with Crippen molar-refractivity contribution in [3.63, 3.8) is 0 Å². The highest BCUT2D eigenvalue weighted by Gasteiger charge is 2.26. The van der Waals surface area contributed by atoms with E-state index in [4.69, 9.17) is 23.2 Å². The number of carbonyl (C=O) groups is 1. The fraction of sp³-hybridized carbons (Fsp3) is 0.235. The van der Waals surface area contributed by atoms with Gasteiger partial charge in [0.1, 0.15) is 10.8 Å². The Hall–Kier alpha value is -1.31. The van der Waals surface area contributed by atoms with Gasteiger partial charge in [0.25, 0.3) is 0 Å². The molecule has 0 saturated carbocycles. The zero-order valence-electron chi connectivity index (χ0n) is 11.4. The smallest absolute Gasteiger partial charge is 0.177 e. The molecule has 104 valence electrons. The average molecular weight is 307 g/mol. The zero-order chi connectivity index (χ0) is 14.7. The molecule has 2 unspecified atom stereocenters. The number of aryl methyl sites for hydroxylation is 2. The molecule has 0 N–H and O–H groups in total. The summed E-state index contributed by atoms with van der Waals surface area (Å²) in [6.45, 7) is 3.94. The highest BCUT2D eigenvalue weighted by atomic mass is 35.5. The molecule has 0 radical (unpaired) electrons. The number of hydrogen-bond donors (Lipinski definition) is 0. The monoisotopic (exact) mass is 306 g/mol. The summed E-state index contributed by atoms with van der Waals surface area (Å²) < 4.78 is 0. The first-order chi connectivity index (χ1) is 9.49. The Kier molecular flexibility index (Phi) is 4.85. The molecule has 0 amide bonds. The molecule has 0 aliphatic heterocycles. The fourth-order valence-electron chi connectivity index (χ4n) is 2.11. The number of Topliss-reactive ketones (excluding diaryl/α,β-unsaturated/α-hetero) is 1. The molecule has 2 aromatic rings. The quantitative estimate of drug-likeness (QED) is 0.715. The molecule has 2 atom stereocenters. The van der Waals surface area contributed by atoms with Crippen molar-refractivity contribution in [3.8, 4) is 0 Å². The van der Waals surface area contributed by atoms with Crippen LogP contribution in [0, 0.1) is 13.8 Å². The maximum atomic E-state index is 12.4. The third-order valence-electron chi connectivity index (χ3n) is 3.17. The van der Waals surface area contributed by atoms with Crippen LogP contribution >= 0.6 is 23.2 Å². The van der Waals surface area contributed by atoms with Crippen molar-refractivity contribution in [1.29, 1.82) is 0 Å². The summed E-state index contributed by atoms with van der Waals surface area (Å²) >= 11 is 12.6. The van der Waals surface area contributed by atoms with Crippen molar-refractivity contribution in [1.82, 2.24) is 0 Å². The Labute approximate surface area is 129 Å². The van der Waals surface area contributed by atoms with Crippen LogP contribution in [-0.4, -0.2) is 5.78 Å². The van der Waals surface area contributed by atoms with Crippen LogP contribution < -0.4 is 0 Å². The molecule has 0 aliphatic carbocycles. The number of alkyl halides is 2. The van der Waals surface area contributed by atoms with E-state index in [1.54, 1.807) is 0 Å². The van der Waals surface area contributed by atoms with Crippen LogP contribution in [0.25, 0.3) is 0 Å². The lowest BCUT2D eigenvalue weighted by molar-refractivity contribution is -0.118. The topological polar surface area (TPSA) is 17.1 Å². The summed E-state index contributed by atoms with van der Waals surface area (Å²) in [7, 11) is 0. The first kappa shape index (κ1) is 15.1. The number of ketones is 1. The van der Waals surface area contributed by atoms with Crippen molar-refractivity contribution in [2.24, 2.45) is 0 Å². The maximum absolute atomic E-state index is 12.4. The molecule has 3 heteroatoms. The summed E-state index contributed by atoms with van der Waals surface area (Å²) in [4.78, 5) is 12.4. The van der Waals surface area contributed by atoms with Gasteiger partial charge in [-0.15, -0.1) is 23.2 Å². The first-order valence-corrected chi connectivity index (χ1v) is 7.31. The van der Waals surface area contributed by atoms with E-state index in [1.165, 1.54) is 0 Å². The van der Waals surface area contributed by atoms with Gasteiger partial charge in [-0.05, 0) is 25.0 Å². The normalized spacial score (nSPS) is 13.8. The number of halogens is 2. The summed E-state index contributed by atoms with van der Waals surface area (Å²) in [6.07, 6.45) is 0. The van der Waals surface area contributed by atoms with E-state index in [0.29, 0.717) is 0 Å². The minimum atomic E-state index is -0.724. The number of benzene rings is 2. The molecule has 0 saturated heterocycles. The predicted molar refractivity (Wildman–Crippen MR) is 84.6 cm³/mol. The SMILES string of the molecule is Cc1cccc(C(Cl)C(=O)C(Cl)c2cccc(C)c2)c1. The van der Waals surface area contributed by atoms with Gasteiger partial charge in [-0.1, -0.05) is 59.7 Å². The molecule has 0 fully saturated rings. The van der Waals surface area contributed by atoms with Crippen LogP contribution in [-0.2, 0) is 4.79 Å². The Morgan fingerprint density at radius 3 is 1.60 bits per heavy atom. The van der Waals surface area contributed by atoms with E-state index in [1.807, 2.05) is 62.4 Å². The van der Waals surface area contributed by atoms with Gasteiger partial charge in [0.05, 0.1) is 0 Å². The molecular formula is C17H16Cl2O. The van der Waals surface area contributed by atoms with Crippen molar-refractivity contribution in [2.75, 3.05) is 0 Å². The van der Waals surface area contributed by atoms with Gasteiger partial charge in [0.2, 0.25) is 0 Å². The number of carbonyl (C=O) groups excluding carboxylic acids is 1. The Balaban J connectivity index is 2.22. The zero-order valence-corrected chi connectivity index (χ0v) is 12.9. The standard InChI is InChI=1S/C17H16Cl2O/c1-11-5-3-7-13(9-11)15(18)17(20)16(19)14-8-4-6-12(2)10-14/h3-10,15-16H,1-2H3. The van der Waals surface area contributed by atoms with Crippen molar-refractivity contribution in [2.45, 2.75) is 24.6 Å². The van der Waals surface area contributed by atoms with E-state index in [-0.39, 0.29) is 5.78 Å². The van der Waals surface area contributed by atoms with Gasteiger partial charge in [0.15, 0.2) is 5.78 Å². The van der Waals surface area contributed by atoms with Crippen LogP contribution in [0.1, 0.15) is 33.0 Å². The van der Waals surface area contributed by atoms with Crippen molar-refractivity contribution >= 4 is 29.0 Å². The lowest BCUT2D eigenvalue weighted by atomic mass is 9.99. The molecule has 0 aliphatic rings. The van der Waals surface area contributed by atoms with E-state index in [0.717, 1.165) is 22.3 Å². The summed E-state index contributed by atoms with van der Waals surface area (Å²) in [5.41, 5.74) is 3.72. The molecule has 0 heterocycles. The fourth-order valence-corrected chi connectivity index (χ4v) is 2.70. The Morgan fingerprint density at radius 2 is 1.25 bits per heavy atom. The molecular weight excluding hydrogens is 291 g/mol. The van der Waals surface area contributed by atoms with Gasteiger partial charge in [0, 0.05) is 0 Å². The molecule has 1 nitrogen and oxygen atoms in total. The van der Waals surface area contributed by atoms with Crippen molar-refractivity contribution < 1.29 is 4.79 Å². The first-order valence-electron chi connectivity index (χ1n) is 6.44. The van der Waals surface area contributed by atoms with Crippen LogP contribution in [0.2, 0.25) is 0 Å². The van der Waals surface area contributed by atoms with E-state index in [2.05, 4.69) is 0 Å². The van der Waals surface area contributed by atoms with Crippen molar-refractivity contribution in [3.05, 3.63) is 70.8 Å². The van der Waals surface area contributed by atoms with E-state index >= 15 is 0 Å². The lowest BCUT2D eigenvalue weighted by Gasteiger charge is -2.14. The summed E-state index contributed by atoms with van der Waals surface area (Å²) in [6, 6.07) is 15.2. The average Bonchev–Trinajstić information content (AvgIpc) is 2.45. The van der Waals surface area contributed by atoms with Gasteiger partial charge in [-0.25, -0.2) is 0 Å². The van der Waals surface area contributed by atoms with Crippen LogP contribution in [0.4, 0.5) is 0 Å². The highest BCUT2D eigenvalue weighted by Crippen LogP contribution is 2.32. The highest BCUT2D eigenvalue weighted by molar-refractivity contribution is 6.40. The molecule has 0 bridgehead atoms. The van der Waals surface area contributed by atoms with Crippen LogP contribution in [0.15, 0.2) is 48.5 Å². The molecule has 0 spiro atoms. The largest absolute Gasteiger partial charge is 0.296 e. The maximum Gasteiger partial charge on any atom is 0.177 e. The number of rotatable bonds is 4. The van der Waals surface area contributed by atoms with Gasteiger partial charge in [-0.3, -0.25) is 4.79 Å². The third-order valence-corrected chi connectivity index (χ3v) is 4.10. The molecule has 20 heavy (non-hydrogen) atoms. The Bertz CT molecular complexity index is 568. The van der Waals surface area contributed by atoms with Gasteiger partial charge >= 0.3 is 0 Å². The molecule has 2 aromatic carbocycles. The Morgan fingerprint density at radius 1 is 0.850 bits per heavy atom. The lowest BCUT2D eigenvalue weighted by Crippen LogP contribution is -2.13. The van der Waals surface area contributed by atoms with Crippen LogP contribution in [0.5, 0.6) is 0 Å².